The first-order chi connectivity index (χ1) is 15.9. The Kier molecular flexibility index (Phi) is 9.13. The second-order valence-corrected chi connectivity index (χ2v) is 9.20. The van der Waals surface area contributed by atoms with Gasteiger partial charge in [0.25, 0.3) is 11.8 Å². The number of carbonyl (C=O) groups is 3. The Balaban J connectivity index is 1.63. The number of amides is 2. The fourth-order valence-corrected chi connectivity index (χ4v) is 4.86. The van der Waals surface area contributed by atoms with Crippen LogP contribution in [0.3, 0.4) is 0 Å². The quantitative estimate of drug-likeness (QED) is 0.295. The van der Waals surface area contributed by atoms with Gasteiger partial charge in [-0.15, -0.1) is 0 Å². The molecule has 2 saturated heterocycles. The van der Waals surface area contributed by atoms with Crippen LogP contribution < -0.4 is 9.47 Å². The van der Waals surface area contributed by atoms with Gasteiger partial charge in [-0.3, -0.25) is 19.3 Å². The van der Waals surface area contributed by atoms with Gasteiger partial charge < -0.3 is 19.1 Å². The van der Waals surface area contributed by atoms with Crippen LogP contribution in [0.1, 0.15) is 38.2 Å². The lowest BCUT2D eigenvalue weighted by molar-refractivity contribution is -0.143. The zero-order chi connectivity index (χ0) is 23.8. The Morgan fingerprint density at radius 3 is 2.64 bits per heavy atom. The third-order valence-corrected chi connectivity index (χ3v) is 6.64. The van der Waals surface area contributed by atoms with Crippen LogP contribution in [0.4, 0.5) is 0 Å². The van der Waals surface area contributed by atoms with Gasteiger partial charge in [0.15, 0.2) is 18.1 Å². The minimum absolute atomic E-state index is 0.0349. The van der Waals surface area contributed by atoms with Crippen molar-refractivity contribution in [2.75, 3.05) is 40.0 Å². The predicted molar refractivity (Wildman–Crippen MR) is 130 cm³/mol. The molecule has 2 aliphatic rings. The largest absolute Gasteiger partial charge is 0.493 e. The van der Waals surface area contributed by atoms with E-state index in [1.54, 1.807) is 31.2 Å². The van der Waals surface area contributed by atoms with Gasteiger partial charge in [0.2, 0.25) is 0 Å². The zero-order valence-electron chi connectivity index (χ0n) is 18.8. The maximum absolute atomic E-state index is 12.7. The first kappa shape index (κ1) is 25.0. The van der Waals surface area contributed by atoms with Crippen LogP contribution in [0.5, 0.6) is 11.5 Å². The first-order valence-electron chi connectivity index (χ1n) is 10.9. The highest BCUT2D eigenvalue weighted by molar-refractivity contribution is 8.26. The number of hydrogen-bond donors (Lipinski definition) is 0. The monoisotopic (exact) mass is 492 g/mol. The SMILES string of the molecule is CCOC(=O)CCN1C(=O)/C(=C/c2ccc(OCC(=O)N3CCCCC3)c(OC)c2)SC1=S. The van der Waals surface area contributed by atoms with E-state index in [9.17, 15) is 14.4 Å². The lowest BCUT2D eigenvalue weighted by atomic mass is 10.1. The molecule has 2 heterocycles. The van der Waals surface area contributed by atoms with Gasteiger partial charge in [-0.25, -0.2) is 0 Å². The molecule has 8 nitrogen and oxygen atoms in total. The number of ether oxygens (including phenoxy) is 3. The normalized spacial score (nSPS) is 17.5. The molecule has 3 rings (SSSR count). The molecule has 2 fully saturated rings. The number of carbonyl (C=O) groups excluding carboxylic acids is 3. The van der Waals surface area contributed by atoms with Gasteiger partial charge in [-0.05, 0) is 50.0 Å². The van der Waals surface area contributed by atoms with Gasteiger partial charge in [-0.1, -0.05) is 30.0 Å². The predicted octanol–water partition coefficient (Wildman–Crippen LogP) is 3.24. The molecule has 33 heavy (non-hydrogen) atoms. The van der Waals surface area contributed by atoms with Crippen molar-refractivity contribution in [1.82, 2.24) is 9.80 Å². The Morgan fingerprint density at radius 2 is 1.94 bits per heavy atom. The van der Waals surface area contributed by atoms with Gasteiger partial charge in [-0.2, -0.15) is 0 Å². The minimum Gasteiger partial charge on any atom is -0.493 e. The van der Waals surface area contributed by atoms with E-state index in [1.165, 1.54) is 23.8 Å². The molecule has 10 heteroatoms. The van der Waals surface area contributed by atoms with Crippen LogP contribution in [0, 0.1) is 0 Å². The Hall–Kier alpha value is -2.59. The molecule has 0 radical (unpaired) electrons. The number of likely N-dealkylation sites (tertiary alicyclic amines) is 1. The third-order valence-electron chi connectivity index (χ3n) is 5.26. The maximum atomic E-state index is 12.7. The number of thiocarbonyl (C=S) groups is 1. The molecule has 1 aromatic rings. The zero-order valence-corrected chi connectivity index (χ0v) is 20.5. The summed E-state index contributed by atoms with van der Waals surface area (Å²) in [5, 5.41) is 0. The summed E-state index contributed by atoms with van der Waals surface area (Å²) in [4.78, 5) is 40.4. The Labute approximate surface area is 203 Å². The van der Waals surface area contributed by atoms with Crippen LogP contribution in [0.25, 0.3) is 6.08 Å². The average molecular weight is 493 g/mol. The highest BCUT2D eigenvalue weighted by atomic mass is 32.2. The van der Waals surface area contributed by atoms with E-state index in [1.807, 2.05) is 4.90 Å². The van der Waals surface area contributed by atoms with Gasteiger partial charge in [0, 0.05) is 19.6 Å². The number of benzene rings is 1. The van der Waals surface area contributed by atoms with Gasteiger partial charge >= 0.3 is 5.97 Å². The van der Waals surface area contributed by atoms with E-state index in [-0.39, 0.29) is 37.4 Å². The summed E-state index contributed by atoms with van der Waals surface area (Å²) in [6, 6.07) is 5.25. The fourth-order valence-electron chi connectivity index (χ4n) is 3.55. The number of rotatable bonds is 9. The van der Waals surface area contributed by atoms with E-state index in [0.29, 0.717) is 27.3 Å². The van der Waals surface area contributed by atoms with Crippen molar-refractivity contribution in [3.63, 3.8) is 0 Å². The molecule has 0 unspecified atom stereocenters. The molecule has 0 bridgehead atoms. The van der Waals surface area contributed by atoms with E-state index in [2.05, 4.69) is 0 Å². The average Bonchev–Trinajstić information content (AvgIpc) is 3.09. The topological polar surface area (TPSA) is 85.4 Å². The first-order valence-corrected chi connectivity index (χ1v) is 12.1. The van der Waals surface area contributed by atoms with Crippen molar-refractivity contribution in [3.05, 3.63) is 28.7 Å². The molecule has 2 aliphatic heterocycles. The van der Waals surface area contributed by atoms with Crippen molar-refractivity contribution in [2.24, 2.45) is 0 Å². The lowest BCUT2D eigenvalue weighted by Crippen LogP contribution is -2.38. The third kappa shape index (κ3) is 6.70. The second-order valence-electron chi connectivity index (χ2n) is 7.53. The molecule has 178 valence electrons. The number of piperidine rings is 1. The number of esters is 1. The van der Waals surface area contributed by atoms with Crippen LogP contribution in [-0.2, 0) is 19.1 Å². The van der Waals surface area contributed by atoms with E-state index >= 15 is 0 Å². The van der Waals surface area contributed by atoms with Crippen LogP contribution in [-0.4, -0.2) is 71.9 Å². The molecular weight excluding hydrogens is 464 g/mol. The number of thioether (sulfide) groups is 1. The summed E-state index contributed by atoms with van der Waals surface area (Å²) < 4.78 is 16.5. The molecule has 0 aliphatic carbocycles. The van der Waals surface area contributed by atoms with E-state index < -0.39 is 0 Å². The molecule has 0 aromatic heterocycles. The number of nitrogens with zero attached hydrogens (tertiary/aromatic N) is 2. The number of methoxy groups -OCH3 is 1. The summed E-state index contributed by atoms with van der Waals surface area (Å²) in [7, 11) is 1.52. The molecule has 0 saturated carbocycles. The van der Waals surface area contributed by atoms with Crippen molar-refractivity contribution >= 4 is 52.2 Å². The van der Waals surface area contributed by atoms with E-state index in [4.69, 9.17) is 26.4 Å². The second kappa shape index (κ2) is 12.0. The summed E-state index contributed by atoms with van der Waals surface area (Å²) in [6.07, 6.45) is 5.01. The Bertz CT molecular complexity index is 943. The highest BCUT2D eigenvalue weighted by Crippen LogP contribution is 2.35. The standard InChI is InChI=1S/C23H28N2O6S2/c1-3-30-21(27)9-12-25-22(28)19(33-23(25)32)14-16-7-8-17(18(13-16)29-2)31-15-20(26)24-10-5-4-6-11-24/h7-8,13-14H,3-6,9-12,15H2,1-2H3/b19-14-. The summed E-state index contributed by atoms with van der Waals surface area (Å²) >= 11 is 6.49. The van der Waals surface area contributed by atoms with Crippen molar-refractivity contribution in [3.8, 4) is 11.5 Å². The summed E-state index contributed by atoms with van der Waals surface area (Å²) in [5.74, 6) is 0.276. The molecule has 0 N–H and O–H groups in total. The Morgan fingerprint density at radius 1 is 1.18 bits per heavy atom. The van der Waals surface area contributed by atoms with Crippen molar-refractivity contribution in [1.29, 1.82) is 0 Å². The van der Waals surface area contributed by atoms with Crippen LogP contribution in [0.15, 0.2) is 23.1 Å². The molecule has 0 atom stereocenters. The number of hydrogen-bond acceptors (Lipinski definition) is 8. The summed E-state index contributed by atoms with van der Waals surface area (Å²) in [6.45, 7) is 3.71. The summed E-state index contributed by atoms with van der Waals surface area (Å²) in [5.41, 5.74) is 0.729. The van der Waals surface area contributed by atoms with Gasteiger partial charge in [0.1, 0.15) is 4.32 Å². The maximum Gasteiger partial charge on any atom is 0.307 e. The lowest BCUT2D eigenvalue weighted by Gasteiger charge is -2.26. The molecule has 2 amide bonds. The van der Waals surface area contributed by atoms with Crippen LogP contribution >= 0.6 is 24.0 Å². The molecular formula is C23H28N2O6S2. The van der Waals surface area contributed by atoms with Crippen LogP contribution in [0.2, 0.25) is 0 Å². The van der Waals surface area contributed by atoms with Crippen molar-refractivity contribution in [2.45, 2.75) is 32.6 Å². The molecule has 0 spiro atoms. The smallest absolute Gasteiger partial charge is 0.307 e. The molecule has 1 aromatic carbocycles. The minimum atomic E-state index is -0.366. The van der Waals surface area contributed by atoms with Gasteiger partial charge in [0.05, 0.1) is 25.0 Å². The highest BCUT2D eigenvalue weighted by Gasteiger charge is 2.32. The fraction of sp³-hybridized carbons (Fsp3) is 0.478. The van der Waals surface area contributed by atoms with Crippen molar-refractivity contribution < 1.29 is 28.6 Å². The van der Waals surface area contributed by atoms with E-state index in [0.717, 1.165) is 37.9 Å².